The summed E-state index contributed by atoms with van der Waals surface area (Å²) in [5, 5.41) is 21.0. The number of hydrogen-bond acceptors (Lipinski definition) is 4. The van der Waals surface area contributed by atoms with Gasteiger partial charge in [-0.2, -0.15) is 0 Å². The van der Waals surface area contributed by atoms with Crippen LogP contribution in [0.4, 0.5) is 0 Å². The number of aromatic hydroxyl groups is 1. The van der Waals surface area contributed by atoms with Crippen molar-refractivity contribution in [2.45, 2.75) is 32.7 Å². The Labute approximate surface area is 124 Å². The van der Waals surface area contributed by atoms with E-state index in [1.165, 1.54) is 12.1 Å². The normalized spacial score (nSPS) is 15.0. The number of rotatable bonds is 7. The molecule has 6 nitrogen and oxygen atoms in total. The Hall–Kier alpha value is -2.08. The largest absolute Gasteiger partial charge is 0.508 e. The van der Waals surface area contributed by atoms with Crippen LogP contribution in [0.5, 0.6) is 5.75 Å². The zero-order valence-corrected chi connectivity index (χ0v) is 12.3. The molecule has 0 aliphatic heterocycles. The number of carbonyl (C=O) groups excluding carboxylic acids is 1. The number of amides is 1. The first kappa shape index (κ1) is 17.0. The molecule has 0 heterocycles. The van der Waals surface area contributed by atoms with E-state index in [2.05, 4.69) is 5.32 Å². The van der Waals surface area contributed by atoms with Crippen LogP contribution in [0, 0.1) is 5.41 Å². The van der Waals surface area contributed by atoms with Crippen LogP contribution < -0.4 is 11.1 Å². The molecule has 1 rings (SSSR count). The van der Waals surface area contributed by atoms with E-state index in [0.29, 0.717) is 12.0 Å². The summed E-state index contributed by atoms with van der Waals surface area (Å²) in [5.41, 5.74) is 5.54. The van der Waals surface area contributed by atoms with Gasteiger partial charge in [-0.3, -0.25) is 4.79 Å². The first-order chi connectivity index (χ1) is 9.82. The molecular weight excluding hydrogens is 272 g/mol. The van der Waals surface area contributed by atoms with Crippen molar-refractivity contribution in [2.24, 2.45) is 11.1 Å². The molecule has 0 saturated carbocycles. The fourth-order valence-corrected chi connectivity index (χ4v) is 1.80. The van der Waals surface area contributed by atoms with E-state index in [-0.39, 0.29) is 24.6 Å². The molecule has 116 valence electrons. The van der Waals surface area contributed by atoms with Gasteiger partial charge in [0.2, 0.25) is 5.91 Å². The van der Waals surface area contributed by atoms with Crippen molar-refractivity contribution in [3.8, 4) is 5.75 Å². The Morgan fingerprint density at radius 3 is 2.33 bits per heavy atom. The number of benzene rings is 1. The second kappa shape index (κ2) is 7.08. The molecule has 0 radical (unpaired) electrons. The average Bonchev–Trinajstić information content (AvgIpc) is 2.47. The number of hydrogen-bond donors (Lipinski definition) is 4. The lowest BCUT2D eigenvalue weighted by Crippen LogP contribution is -2.50. The van der Waals surface area contributed by atoms with Gasteiger partial charge in [0.15, 0.2) is 0 Å². The third-order valence-electron chi connectivity index (χ3n) is 3.76. The Morgan fingerprint density at radius 2 is 1.90 bits per heavy atom. The van der Waals surface area contributed by atoms with E-state index in [4.69, 9.17) is 5.73 Å². The maximum atomic E-state index is 12.2. The predicted molar refractivity (Wildman–Crippen MR) is 78.8 cm³/mol. The predicted octanol–water partition coefficient (Wildman–Crippen LogP) is 0.879. The van der Waals surface area contributed by atoms with E-state index < -0.39 is 17.4 Å². The first-order valence-electron chi connectivity index (χ1n) is 6.84. The molecule has 0 aromatic heterocycles. The van der Waals surface area contributed by atoms with E-state index in [0.717, 1.165) is 0 Å². The number of carboxylic acids is 1. The average molecular weight is 294 g/mol. The highest BCUT2D eigenvalue weighted by molar-refractivity contribution is 5.87. The highest BCUT2D eigenvalue weighted by Crippen LogP contribution is 2.20. The summed E-state index contributed by atoms with van der Waals surface area (Å²) in [6.45, 7) is 3.70. The molecule has 1 aromatic rings. The highest BCUT2D eigenvalue weighted by Gasteiger charge is 2.32. The monoisotopic (exact) mass is 294 g/mol. The summed E-state index contributed by atoms with van der Waals surface area (Å²) in [4.78, 5) is 23.5. The molecule has 0 aliphatic carbocycles. The van der Waals surface area contributed by atoms with Crippen molar-refractivity contribution in [2.75, 3.05) is 6.54 Å². The lowest BCUT2D eigenvalue weighted by molar-refractivity contribution is -0.143. The lowest BCUT2D eigenvalue weighted by atomic mass is 9.86. The minimum Gasteiger partial charge on any atom is -0.508 e. The molecule has 0 bridgehead atoms. The summed E-state index contributed by atoms with van der Waals surface area (Å²) in [7, 11) is 0. The number of aliphatic carboxylic acids is 1. The molecule has 5 N–H and O–H groups in total. The summed E-state index contributed by atoms with van der Waals surface area (Å²) in [6, 6.07) is 5.18. The molecule has 0 fully saturated rings. The van der Waals surface area contributed by atoms with Crippen LogP contribution >= 0.6 is 0 Å². The molecule has 1 amide bonds. The van der Waals surface area contributed by atoms with Crippen LogP contribution in [0.15, 0.2) is 24.3 Å². The van der Waals surface area contributed by atoms with E-state index >= 15 is 0 Å². The third kappa shape index (κ3) is 4.46. The van der Waals surface area contributed by atoms with Gasteiger partial charge in [0.1, 0.15) is 11.8 Å². The zero-order chi connectivity index (χ0) is 16.0. The highest BCUT2D eigenvalue weighted by atomic mass is 16.4. The molecular formula is C15H22N2O4. The van der Waals surface area contributed by atoms with Gasteiger partial charge in [-0.1, -0.05) is 19.1 Å². The minimum absolute atomic E-state index is 0.108. The maximum absolute atomic E-state index is 12.2. The summed E-state index contributed by atoms with van der Waals surface area (Å²) >= 11 is 0. The SMILES string of the molecule is CCC(C)(CN)C(=O)NC(Cc1ccc(O)cc1)C(=O)O. The summed E-state index contributed by atoms with van der Waals surface area (Å²) < 4.78 is 0. The number of nitrogens with two attached hydrogens (primary N) is 1. The van der Waals surface area contributed by atoms with Crippen molar-refractivity contribution < 1.29 is 19.8 Å². The van der Waals surface area contributed by atoms with E-state index in [9.17, 15) is 19.8 Å². The fourth-order valence-electron chi connectivity index (χ4n) is 1.80. The standard InChI is InChI=1S/C15H22N2O4/c1-3-15(2,9-16)14(21)17-12(13(19)20)8-10-4-6-11(18)7-5-10/h4-7,12,18H,3,8-9,16H2,1-2H3,(H,17,21)(H,19,20). The smallest absolute Gasteiger partial charge is 0.326 e. The molecule has 6 heteroatoms. The third-order valence-corrected chi connectivity index (χ3v) is 3.76. The van der Waals surface area contributed by atoms with E-state index in [1.54, 1.807) is 19.1 Å². The van der Waals surface area contributed by atoms with Gasteiger partial charge in [0.25, 0.3) is 0 Å². The quantitative estimate of drug-likeness (QED) is 0.596. The van der Waals surface area contributed by atoms with Crippen LogP contribution in [-0.4, -0.2) is 34.7 Å². The number of phenols is 1. The van der Waals surface area contributed by atoms with E-state index in [1.807, 2.05) is 6.92 Å². The number of nitrogens with one attached hydrogen (secondary N) is 1. The topological polar surface area (TPSA) is 113 Å². The van der Waals surface area contributed by atoms with Crippen molar-refractivity contribution in [1.29, 1.82) is 0 Å². The van der Waals surface area contributed by atoms with Crippen LogP contribution in [0.1, 0.15) is 25.8 Å². The van der Waals surface area contributed by atoms with Crippen LogP contribution in [0.2, 0.25) is 0 Å². The Balaban J connectivity index is 2.81. The Kier molecular flexibility index (Phi) is 5.72. The second-order valence-corrected chi connectivity index (χ2v) is 5.35. The van der Waals surface area contributed by atoms with Gasteiger partial charge >= 0.3 is 5.97 Å². The van der Waals surface area contributed by atoms with Crippen LogP contribution in [-0.2, 0) is 16.0 Å². The van der Waals surface area contributed by atoms with Crippen molar-refractivity contribution >= 4 is 11.9 Å². The van der Waals surface area contributed by atoms with Crippen LogP contribution in [0.25, 0.3) is 0 Å². The molecule has 0 aliphatic rings. The molecule has 0 saturated heterocycles. The van der Waals surface area contributed by atoms with Crippen molar-refractivity contribution in [3.63, 3.8) is 0 Å². The summed E-state index contributed by atoms with van der Waals surface area (Å²) in [6.07, 6.45) is 0.673. The number of carboxylic acid groups (broad SMARTS) is 1. The number of phenolic OH excluding ortho intramolecular Hbond substituents is 1. The van der Waals surface area contributed by atoms with Crippen molar-refractivity contribution in [3.05, 3.63) is 29.8 Å². The van der Waals surface area contributed by atoms with Gasteiger partial charge in [-0.25, -0.2) is 4.79 Å². The first-order valence-corrected chi connectivity index (χ1v) is 6.84. The molecule has 2 atom stereocenters. The fraction of sp³-hybridized carbons (Fsp3) is 0.467. The van der Waals surface area contributed by atoms with Gasteiger partial charge in [0, 0.05) is 13.0 Å². The lowest BCUT2D eigenvalue weighted by Gasteiger charge is -2.27. The van der Waals surface area contributed by atoms with Crippen LogP contribution in [0.3, 0.4) is 0 Å². The van der Waals surface area contributed by atoms with Gasteiger partial charge < -0.3 is 21.3 Å². The Morgan fingerprint density at radius 1 is 1.33 bits per heavy atom. The minimum atomic E-state index is -1.10. The Bertz CT molecular complexity index is 495. The number of carbonyl (C=O) groups is 2. The molecule has 0 spiro atoms. The molecule has 21 heavy (non-hydrogen) atoms. The second-order valence-electron chi connectivity index (χ2n) is 5.35. The van der Waals surface area contributed by atoms with Gasteiger partial charge in [-0.05, 0) is 31.0 Å². The zero-order valence-electron chi connectivity index (χ0n) is 12.3. The molecule has 2 unspecified atom stereocenters. The molecule has 1 aromatic carbocycles. The summed E-state index contributed by atoms with van der Waals surface area (Å²) in [5.74, 6) is -1.36. The van der Waals surface area contributed by atoms with Crippen molar-refractivity contribution in [1.82, 2.24) is 5.32 Å². The van der Waals surface area contributed by atoms with Gasteiger partial charge in [0.05, 0.1) is 5.41 Å². The maximum Gasteiger partial charge on any atom is 0.326 e. The van der Waals surface area contributed by atoms with Gasteiger partial charge in [-0.15, -0.1) is 0 Å².